The Labute approximate surface area is 125 Å². The molecule has 106 valence electrons. The number of anilines is 1. The fourth-order valence-corrected chi connectivity index (χ4v) is 2.43. The fourth-order valence-electron chi connectivity index (χ4n) is 2.23. The van der Waals surface area contributed by atoms with E-state index in [4.69, 9.17) is 17.3 Å². The van der Waals surface area contributed by atoms with Gasteiger partial charge in [0, 0.05) is 42.6 Å². The van der Waals surface area contributed by atoms with E-state index in [1.54, 1.807) is 0 Å². The molecule has 1 aromatic heterocycles. The quantitative estimate of drug-likeness (QED) is 0.889. The zero-order valence-corrected chi connectivity index (χ0v) is 12.5. The van der Waals surface area contributed by atoms with E-state index in [1.807, 2.05) is 30.5 Å². The van der Waals surface area contributed by atoms with E-state index < -0.39 is 0 Å². The van der Waals surface area contributed by atoms with Crippen molar-refractivity contribution in [2.24, 2.45) is 5.73 Å². The van der Waals surface area contributed by atoms with Crippen molar-refractivity contribution >= 4 is 17.3 Å². The minimum absolute atomic E-state index is 0.626. The van der Waals surface area contributed by atoms with Gasteiger partial charge in [-0.25, -0.2) is 0 Å². The number of halogens is 1. The Kier molecular flexibility index (Phi) is 5.39. The lowest BCUT2D eigenvalue weighted by molar-refractivity contribution is 0.841. The number of aromatic nitrogens is 1. The van der Waals surface area contributed by atoms with Crippen LogP contribution in [0.5, 0.6) is 0 Å². The maximum Gasteiger partial charge on any atom is 0.0421 e. The van der Waals surface area contributed by atoms with Crippen LogP contribution in [0.2, 0.25) is 5.02 Å². The second-order valence-electron chi connectivity index (χ2n) is 4.80. The maximum absolute atomic E-state index is 6.06. The topological polar surface area (TPSA) is 42.2 Å². The highest BCUT2D eigenvalue weighted by Gasteiger charge is 2.08. The molecule has 0 unspecified atom stereocenters. The van der Waals surface area contributed by atoms with E-state index >= 15 is 0 Å². The summed E-state index contributed by atoms with van der Waals surface area (Å²) in [7, 11) is 2.09. The summed E-state index contributed by atoms with van der Waals surface area (Å²) in [4.78, 5) is 6.58. The van der Waals surface area contributed by atoms with Crippen molar-refractivity contribution in [2.45, 2.75) is 12.8 Å². The number of benzene rings is 1. The van der Waals surface area contributed by atoms with E-state index in [-0.39, 0.29) is 0 Å². The van der Waals surface area contributed by atoms with Crippen molar-refractivity contribution < 1.29 is 0 Å². The average Bonchev–Trinajstić information content (AvgIpc) is 2.46. The summed E-state index contributed by atoms with van der Waals surface area (Å²) in [5, 5.41) is 0.760. The predicted octanol–water partition coefficient (Wildman–Crippen LogP) is 2.92. The largest absolute Gasteiger partial charge is 0.374 e. The van der Waals surface area contributed by atoms with Crippen LogP contribution in [-0.2, 0) is 12.8 Å². The Morgan fingerprint density at radius 2 is 2.05 bits per heavy atom. The molecule has 3 nitrogen and oxygen atoms in total. The summed E-state index contributed by atoms with van der Waals surface area (Å²) in [5.41, 5.74) is 9.17. The van der Waals surface area contributed by atoms with Crippen molar-refractivity contribution in [1.29, 1.82) is 0 Å². The Balaban J connectivity index is 2.06. The van der Waals surface area contributed by atoms with E-state index in [1.165, 1.54) is 11.3 Å². The van der Waals surface area contributed by atoms with Crippen LogP contribution >= 0.6 is 11.6 Å². The predicted molar refractivity (Wildman–Crippen MR) is 85.4 cm³/mol. The van der Waals surface area contributed by atoms with Gasteiger partial charge < -0.3 is 10.6 Å². The van der Waals surface area contributed by atoms with Gasteiger partial charge in [0.15, 0.2) is 0 Å². The third-order valence-corrected chi connectivity index (χ3v) is 3.53. The van der Waals surface area contributed by atoms with Gasteiger partial charge in [-0.2, -0.15) is 0 Å². The first-order valence-corrected chi connectivity index (χ1v) is 7.18. The molecule has 2 N–H and O–H groups in total. The lowest BCUT2D eigenvalue weighted by Crippen LogP contribution is -2.22. The molecular weight excluding hydrogens is 270 g/mol. The highest BCUT2D eigenvalue weighted by atomic mass is 35.5. The summed E-state index contributed by atoms with van der Waals surface area (Å²) >= 11 is 6.06. The average molecular weight is 290 g/mol. The number of hydrogen-bond donors (Lipinski definition) is 1. The summed E-state index contributed by atoms with van der Waals surface area (Å²) in [6.07, 6.45) is 3.59. The zero-order chi connectivity index (χ0) is 14.4. The molecule has 20 heavy (non-hydrogen) atoms. The summed E-state index contributed by atoms with van der Waals surface area (Å²) in [6, 6.07) is 12.0. The fraction of sp³-hybridized carbons (Fsp3) is 0.312. The van der Waals surface area contributed by atoms with Crippen LogP contribution in [0.3, 0.4) is 0 Å². The SMILES string of the molecule is CN(CCc1ccccn1)c1ccc(Cl)cc1CCN. The van der Waals surface area contributed by atoms with Crippen molar-refractivity contribution in [1.82, 2.24) is 4.98 Å². The number of nitrogens with two attached hydrogens (primary N) is 1. The van der Waals surface area contributed by atoms with Gasteiger partial charge in [-0.05, 0) is 48.9 Å². The van der Waals surface area contributed by atoms with Gasteiger partial charge >= 0.3 is 0 Å². The molecule has 0 amide bonds. The first-order valence-electron chi connectivity index (χ1n) is 6.80. The molecule has 0 saturated carbocycles. The highest BCUT2D eigenvalue weighted by Crippen LogP contribution is 2.24. The molecule has 0 radical (unpaired) electrons. The van der Waals surface area contributed by atoms with Gasteiger partial charge in [0.2, 0.25) is 0 Å². The third kappa shape index (κ3) is 3.95. The summed E-state index contributed by atoms with van der Waals surface area (Å²) < 4.78 is 0. The lowest BCUT2D eigenvalue weighted by Gasteiger charge is -2.22. The molecule has 1 heterocycles. The molecule has 2 rings (SSSR count). The normalized spacial score (nSPS) is 10.6. The molecule has 4 heteroatoms. The van der Waals surface area contributed by atoms with Gasteiger partial charge in [-0.3, -0.25) is 4.98 Å². The Morgan fingerprint density at radius 1 is 1.20 bits per heavy atom. The van der Waals surface area contributed by atoms with E-state index in [2.05, 4.69) is 29.1 Å². The molecule has 0 fully saturated rings. The van der Waals surface area contributed by atoms with Crippen molar-refractivity contribution in [3.05, 3.63) is 58.9 Å². The van der Waals surface area contributed by atoms with Gasteiger partial charge in [-0.1, -0.05) is 17.7 Å². The van der Waals surface area contributed by atoms with Gasteiger partial charge in [0.05, 0.1) is 0 Å². The van der Waals surface area contributed by atoms with Crippen LogP contribution in [0.15, 0.2) is 42.6 Å². The van der Waals surface area contributed by atoms with Crippen LogP contribution in [0, 0.1) is 0 Å². The smallest absolute Gasteiger partial charge is 0.0421 e. The minimum Gasteiger partial charge on any atom is -0.374 e. The highest BCUT2D eigenvalue weighted by molar-refractivity contribution is 6.30. The Bertz CT molecular complexity index is 543. The van der Waals surface area contributed by atoms with E-state index in [9.17, 15) is 0 Å². The second kappa shape index (κ2) is 7.27. The molecule has 0 aliphatic carbocycles. The molecule has 0 saturated heterocycles. The third-order valence-electron chi connectivity index (χ3n) is 3.30. The molecule has 0 aliphatic rings. The van der Waals surface area contributed by atoms with Crippen LogP contribution < -0.4 is 10.6 Å². The Morgan fingerprint density at radius 3 is 2.75 bits per heavy atom. The number of likely N-dealkylation sites (N-methyl/N-ethyl adjacent to an activating group) is 1. The minimum atomic E-state index is 0.626. The lowest BCUT2D eigenvalue weighted by atomic mass is 10.1. The van der Waals surface area contributed by atoms with Crippen molar-refractivity contribution in [3.63, 3.8) is 0 Å². The van der Waals surface area contributed by atoms with E-state index in [0.29, 0.717) is 6.54 Å². The number of nitrogens with zero attached hydrogens (tertiary/aromatic N) is 2. The molecule has 2 aromatic rings. The van der Waals surface area contributed by atoms with Crippen LogP contribution in [0.25, 0.3) is 0 Å². The standard InChI is InChI=1S/C16H20ClN3/c1-20(11-8-15-4-2-3-10-19-15)16-6-5-14(17)12-13(16)7-9-18/h2-6,10,12H,7-9,11,18H2,1H3. The monoisotopic (exact) mass is 289 g/mol. The molecule has 0 spiro atoms. The van der Waals surface area contributed by atoms with Crippen LogP contribution in [-0.4, -0.2) is 25.1 Å². The van der Waals surface area contributed by atoms with Gasteiger partial charge in [0.1, 0.15) is 0 Å². The molecule has 0 atom stereocenters. The molecule has 0 aliphatic heterocycles. The van der Waals surface area contributed by atoms with Crippen molar-refractivity contribution in [3.8, 4) is 0 Å². The Hall–Kier alpha value is -1.58. The first kappa shape index (κ1) is 14.8. The van der Waals surface area contributed by atoms with Crippen molar-refractivity contribution in [2.75, 3.05) is 25.0 Å². The second-order valence-corrected chi connectivity index (χ2v) is 5.24. The van der Waals surface area contributed by atoms with Crippen LogP contribution in [0.4, 0.5) is 5.69 Å². The number of rotatable bonds is 6. The maximum atomic E-state index is 6.06. The molecule has 1 aromatic carbocycles. The summed E-state index contributed by atoms with van der Waals surface area (Å²) in [6.45, 7) is 1.54. The summed E-state index contributed by atoms with van der Waals surface area (Å²) in [5.74, 6) is 0. The van der Waals surface area contributed by atoms with E-state index in [0.717, 1.165) is 30.1 Å². The van der Waals surface area contributed by atoms with Crippen LogP contribution in [0.1, 0.15) is 11.3 Å². The van der Waals surface area contributed by atoms with Gasteiger partial charge in [0.25, 0.3) is 0 Å². The first-order chi connectivity index (χ1) is 9.70. The van der Waals surface area contributed by atoms with Gasteiger partial charge in [-0.15, -0.1) is 0 Å². The number of hydrogen-bond acceptors (Lipinski definition) is 3. The zero-order valence-electron chi connectivity index (χ0n) is 11.7. The number of pyridine rings is 1. The molecular formula is C16H20ClN3. The molecule has 0 bridgehead atoms.